The van der Waals surface area contributed by atoms with Crippen molar-refractivity contribution in [2.24, 2.45) is 5.14 Å². The van der Waals surface area contributed by atoms with Crippen LogP contribution in [0, 0.1) is 18.3 Å². The predicted octanol–water partition coefficient (Wildman–Crippen LogP) is 0.575. The minimum atomic E-state index is -3.80. The lowest BCUT2D eigenvalue weighted by Crippen LogP contribution is -2.21. The molecule has 0 unspecified atom stereocenters. The lowest BCUT2D eigenvalue weighted by atomic mass is 10.1. The average Bonchev–Trinajstić information content (AvgIpc) is 2.27. The van der Waals surface area contributed by atoms with Gasteiger partial charge in [-0.1, -0.05) is 0 Å². The van der Waals surface area contributed by atoms with Crippen LogP contribution in [0.5, 0.6) is 0 Å². The number of nitrogens with two attached hydrogens (primary N) is 2. The van der Waals surface area contributed by atoms with E-state index in [2.05, 4.69) is 0 Å². The standard InChI is InChI=1S/C11H16N4O2S/c1-8-10(15(2)5-3-4-12)6-9(13)7-11(8)18(14,16)17/h6-7H,3,5,13H2,1-2H3,(H2,14,16,17). The van der Waals surface area contributed by atoms with Crippen LogP contribution in [0.1, 0.15) is 12.0 Å². The van der Waals surface area contributed by atoms with E-state index in [0.29, 0.717) is 29.9 Å². The fourth-order valence-electron chi connectivity index (χ4n) is 1.72. The maximum absolute atomic E-state index is 11.4. The third kappa shape index (κ3) is 3.12. The van der Waals surface area contributed by atoms with Gasteiger partial charge in [0.1, 0.15) is 0 Å². The first-order valence-electron chi connectivity index (χ1n) is 5.28. The number of anilines is 2. The SMILES string of the molecule is Cc1c(N(C)CCC#N)cc(N)cc1S(N)(=O)=O. The Morgan fingerprint density at radius 2 is 2.06 bits per heavy atom. The summed E-state index contributed by atoms with van der Waals surface area (Å²) in [6.45, 7) is 2.16. The van der Waals surface area contributed by atoms with Gasteiger partial charge in [-0.05, 0) is 24.6 Å². The highest BCUT2D eigenvalue weighted by atomic mass is 32.2. The van der Waals surface area contributed by atoms with Crippen LogP contribution >= 0.6 is 0 Å². The smallest absolute Gasteiger partial charge is 0.238 e. The van der Waals surface area contributed by atoms with Gasteiger partial charge < -0.3 is 10.6 Å². The fourth-order valence-corrected chi connectivity index (χ4v) is 2.56. The Bertz CT molecular complexity index is 590. The van der Waals surface area contributed by atoms with Crippen molar-refractivity contribution >= 4 is 21.4 Å². The van der Waals surface area contributed by atoms with Crippen molar-refractivity contribution in [3.05, 3.63) is 17.7 Å². The molecular weight excluding hydrogens is 252 g/mol. The lowest BCUT2D eigenvalue weighted by molar-refractivity contribution is 0.597. The second-order valence-electron chi connectivity index (χ2n) is 4.04. The Morgan fingerprint density at radius 3 is 2.56 bits per heavy atom. The number of nitriles is 1. The maximum Gasteiger partial charge on any atom is 0.238 e. The van der Waals surface area contributed by atoms with Crippen molar-refractivity contribution in [3.63, 3.8) is 0 Å². The number of sulfonamides is 1. The minimum Gasteiger partial charge on any atom is -0.399 e. The van der Waals surface area contributed by atoms with E-state index < -0.39 is 10.0 Å². The highest BCUT2D eigenvalue weighted by molar-refractivity contribution is 7.89. The topological polar surface area (TPSA) is 113 Å². The maximum atomic E-state index is 11.4. The molecule has 4 N–H and O–H groups in total. The van der Waals surface area contributed by atoms with Gasteiger partial charge in [0.15, 0.2) is 0 Å². The van der Waals surface area contributed by atoms with Gasteiger partial charge in [0, 0.05) is 25.0 Å². The first-order chi connectivity index (χ1) is 8.27. The first kappa shape index (κ1) is 14.3. The Kier molecular flexibility index (Phi) is 4.16. The molecule has 0 bridgehead atoms. The van der Waals surface area contributed by atoms with Crippen LogP contribution in [0.25, 0.3) is 0 Å². The summed E-state index contributed by atoms with van der Waals surface area (Å²) in [7, 11) is -2.03. The van der Waals surface area contributed by atoms with Crippen LogP contribution in [0.15, 0.2) is 17.0 Å². The van der Waals surface area contributed by atoms with Crippen molar-refractivity contribution in [3.8, 4) is 6.07 Å². The largest absolute Gasteiger partial charge is 0.399 e. The zero-order valence-electron chi connectivity index (χ0n) is 10.3. The van der Waals surface area contributed by atoms with E-state index in [1.807, 2.05) is 6.07 Å². The molecule has 1 rings (SSSR count). The van der Waals surface area contributed by atoms with E-state index in [1.165, 1.54) is 6.07 Å². The van der Waals surface area contributed by atoms with E-state index >= 15 is 0 Å². The van der Waals surface area contributed by atoms with Gasteiger partial charge in [0.05, 0.1) is 17.4 Å². The molecule has 98 valence electrons. The molecule has 1 aromatic carbocycles. The lowest BCUT2D eigenvalue weighted by Gasteiger charge is -2.22. The normalized spacial score (nSPS) is 11.0. The molecule has 0 aliphatic carbocycles. The number of rotatable bonds is 4. The molecule has 0 saturated carbocycles. The number of benzene rings is 1. The van der Waals surface area contributed by atoms with Crippen LogP contribution in [0.2, 0.25) is 0 Å². The van der Waals surface area contributed by atoms with Gasteiger partial charge in [0.2, 0.25) is 10.0 Å². The van der Waals surface area contributed by atoms with Gasteiger partial charge in [-0.3, -0.25) is 0 Å². The van der Waals surface area contributed by atoms with Crippen molar-refractivity contribution < 1.29 is 8.42 Å². The zero-order chi connectivity index (χ0) is 13.9. The van der Waals surface area contributed by atoms with Gasteiger partial charge in [-0.2, -0.15) is 5.26 Å². The van der Waals surface area contributed by atoms with Crippen molar-refractivity contribution in [1.82, 2.24) is 0 Å². The molecule has 18 heavy (non-hydrogen) atoms. The number of hydrogen-bond donors (Lipinski definition) is 2. The van der Waals surface area contributed by atoms with Crippen LogP contribution in [0.3, 0.4) is 0 Å². The monoisotopic (exact) mass is 268 g/mol. The van der Waals surface area contributed by atoms with Crippen LogP contribution in [0.4, 0.5) is 11.4 Å². The van der Waals surface area contributed by atoms with Crippen LogP contribution < -0.4 is 15.8 Å². The van der Waals surface area contributed by atoms with Gasteiger partial charge >= 0.3 is 0 Å². The summed E-state index contributed by atoms with van der Waals surface area (Å²) in [6.07, 6.45) is 0.343. The summed E-state index contributed by atoms with van der Waals surface area (Å²) in [6, 6.07) is 5.04. The summed E-state index contributed by atoms with van der Waals surface area (Å²) in [5.74, 6) is 0. The molecule has 6 nitrogen and oxygen atoms in total. The summed E-state index contributed by atoms with van der Waals surface area (Å²) >= 11 is 0. The minimum absolute atomic E-state index is 0.0151. The molecule has 0 aliphatic heterocycles. The van der Waals surface area contributed by atoms with E-state index in [9.17, 15) is 8.42 Å². The predicted molar refractivity (Wildman–Crippen MR) is 70.5 cm³/mol. The Morgan fingerprint density at radius 1 is 1.44 bits per heavy atom. The number of nitrogen functional groups attached to an aromatic ring is 1. The fraction of sp³-hybridized carbons (Fsp3) is 0.364. The molecule has 0 spiro atoms. The molecular formula is C11H16N4O2S. The van der Waals surface area contributed by atoms with E-state index in [0.717, 1.165) is 0 Å². The zero-order valence-corrected chi connectivity index (χ0v) is 11.2. The van der Waals surface area contributed by atoms with Crippen molar-refractivity contribution in [2.75, 3.05) is 24.2 Å². The van der Waals surface area contributed by atoms with Crippen LogP contribution in [-0.4, -0.2) is 22.0 Å². The molecule has 0 heterocycles. The summed E-state index contributed by atoms with van der Waals surface area (Å²) < 4.78 is 22.9. The van der Waals surface area contributed by atoms with Gasteiger partial charge in [0.25, 0.3) is 0 Å². The Hall–Kier alpha value is -1.78. The van der Waals surface area contributed by atoms with E-state index in [-0.39, 0.29) is 4.90 Å². The molecule has 0 aromatic heterocycles. The van der Waals surface area contributed by atoms with Gasteiger partial charge in [-0.15, -0.1) is 0 Å². The van der Waals surface area contributed by atoms with Crippen LogP contribution in [-0.2, 0) is 10.0 Å². The third-order valence-corrected chi connectivity index (χ3v) is 3.67. The molecule has 7 heteroatoms. The highest BCUT2D eigenvalue weighted by Gasteiger charge is 2.17. The van der Waals surface area contributed by atoms with E-state index in [1.54, 1.807) is 24.9 Å². The third-order valence-electron chi connectivity index (χ3n) is 2.63. The Balaban J connectivity index is 3.30. The molecule has 0 radical (unpaired) electrons. The molecule has 1 aromatic rings. The van der Waals surface area contributed by atoms with E-state index in [4.69, 9.17) is 16.1 Å². The molecule has 0 atom stereocenters. The van der Waals surface area contributed by atoms with Gasteiger partial charge in [-0.25, -0.2) is 13.6 Å². The number of primary sulfonamides is 1. The number of nitrogens with zero attached hydrogens (tertiary/aromatic N) is 2. The Labute approximate surface area is 107 Å². The highest BCUT2D eigenvalue weighted by Crippen LogP contribution is 2.28. The second-order valence-corrected chi connectivity index (χ2v) is 5.57. The van der Waals surface area contributed by atoms with Crippen molar-refractivity contribution in [1.29, 1.82) is 5.26 Å². The summed E-state index contributed by atoms with van der Waals surface area (Å²) in [5.41, 5.74) is 7.20. The average molecular weight is 268 g/mol. The molecule has 0 fully saturated rings. The number of hydrogen-bond acceptors (Lipinski definition) is 5. The second kappa shape index (κ2) is 5.25. The molecule has 0 saturated heterocycles. The van der Waals surface area contributed by atoms with Crippen molar-refractivity contribution in [2.45, 2.75) is 18.2 Å². The summed E-state index contributed by atoms with van der Waals surface area (Å²) in [5, 5.41) is 13.7. The molecule has 0 amide bonds. The molecule has 0 aliphatic rings. The first-order valence-corrected chi connectivity index (χ1v) is 6.83. The summed E-state index contributed by atoms with van der Waals surface area (Å²) in [4.78, 5) is 1.80. The quantitative estimate of drug-likeness (QED) is 0.775.